The van der Waals surface area contributed by atoms with Crippen molar-refractivity contribution in [1.29, 1.82) is 0 Å². The van der Waals surface area contributed by atoms with Crippen LogP contribution in [-0.2, 0) is 14.3 Å². The van der Waals surface area contributed by atoms with Gasteiger partial charge in [-0.3, -0.25) is 9.69 Å². The third-order valence-electron chi connectivity index (χ3n) is 4.08. The number of carbonyl (C=O) groups is 2. The summed E-state index contributed by atoms with van der Waals surface area (Å²) in [4.78, 5) is 26.1. The van der Waals surface area contributed by atoms with E-state index in [0.29, 0.717) is 19.5 Å². The van der Waals surface area contributed by atoms with Crippen molar-refractivity contribution >= 4 is 12.1 Å². The smallest absolute Gasteiger partial charge is 0.407 e. The zero-order chi connectivity index (χ0) is 19.7. The van der Waals surface area contributed by atoms with Crippen LogP contribution in [0, 0.1) is 0 Å². The van der Waals surface area contributed by atoms with E-state index in [4.69, 9.17) is 9.47 Å². The molecule has 0 saturated heterocycles. The lowest BCUT2D eigenvalue weighted by molar-refractivity contribution is -0.148. The third kappa shape index (κ3) is 7.04. The van der Waals surface area contributed by atoms with Crippen molar-refractivity contribution in [1.82, 2.24) is 10.2 Å². The molecule has 0 saturated carbocycles. The lowest BCUT2D eigenvalue weighted by Crippen LogP contribution is -2.46. The highest BCUT2D eigenvalue weighted by Crippen LogP contribution is 2.23. The van der Waals surface area contributed by atoms with Gasteiger partial charge in [-0.1, -0.05) is 37.3 Å². The molecule has 0 fully saturated rings. The molecule has 0 radical (unpaired) electrons. The lowest BCUT2D eigenvalue weighted by atomic mass is 10.0. The number of benzene rings is 1. The van der Waals surface area contributed by atoms with Gasteiger partial charge in [0, 0.05) is 19.1 Å². The van der Waals surface area contributed by atoms with Crippen LogP contribution in [0.1, 0.15) is 52.6 Å². The number of alkyl carbamates (subject to hydrolysis) is 1. The first-order chi connectivity index (χ1) is 12.2. The minimum Gasteiger partial charge on any atom is -0.468 e. The number of carbonyl (C=O) groups excluding carboxylic acids is 2. The first kappa shape index (κ1) is 22.0. The topological polar surface area (TPSA) is 67.9 Å². The fourth-order valence-corrected chi connectivity index (χ4v) is 2.82. The van der Waals surface area contributed by atoms with Gasteiger partial charge in [-0.15, -0.1) is 0 Å². The van der Waals surface area contributed by atoms with E-state index in [1.54, 1.807) is 0 Å². The Balaban J connectivity index is 2.84. The summed E-state index contributed by atoms with van der Waals surface area (Å²) >= 11 is 0. The van der Waals surface area contributed by atoms with Crippen molar-refractivity contribution in [3.63, 3.8) is 0 Å². The van der Waals surface area contributed by atoms with Crippen LogP contribution in [0.2, 0.25) is 0 Å². The summed E-state index contributed by atoms with van der Waals surface area (Å²) < 4.78 is 10.2. The Kier molecular flexibility index (Phi) is 8.58. The molecule has 0 aliphatic heterocycles. The van der Waals surface area contributed by atoms with E-state index < -0.39 is 11.7 Å². The van der Waals surface area contributed by atoms with Crippen LogP contribution in [-0.4, -0.2) is 48.8 Å². The molecular formula is C20H32N2O4. The Morgan fingerprint density at radius 3 is 2.31 bits per heavy atom. The first-order valence-corrected chi connectivity index (χ1v) is 9.05. The van der Waals surface area contributed by atoms with E-state index in [2.05, 4.69) is 17.1 Å². The highest BCUT2D eigenvalue weighted by molar-refractivity contribution is 5.75. The van der Waals surface area contributed by atoms with Crippen LogP contribution in [0.4, 0.5) is 4.79 Å². The van der Waals surface area contributed by atoms with Crippen LogP contribution < -0.4 is 5.32 Å². The maximum atomic E-state index is 12.2. The summed E-state index contributed by atoms with van der Waals surface area (Å²) in [5.74, 6) is -0.271. The second kappa shape index (κ2) is 10.2. The molecule has 0 spiro atoms. The number of hydrogen-bond acceptors (Lipinski definition) is 5. The molecular weight excluding hydrogens is 332 g/mol. The van der Waals surface area contributed by atoms with Crippen LogP contribution in [0.25, 0.3) is 0 Å². The first-order valence-electron chi connectivity index (χ1n) is 9.05. The average molecular weight is 364 g/mol. The van der Waals surface area contributed by atoms with Gasteiger partial charge in [0.15, 0.2) is 0 Å². The van der Waals surface area contributed by atoms with Crippen molar-refractivity contribution < 1.29 is 19.1 Å². The van der Waals surface area contributed by atoms with Gasteiger partial charge in [0.1, 0.15) is 11.6 Å². The molecule has 0 aliphatic rings. The number of rotatable bonds is 8. The van der Waals surface area contributed by atoms with Gasteiger partial charge < -0.3 is 14.8 Å². The normalized spacial score (nSPS) is 13.8. The highest BCUT2D eigenvalue weighted by atomic mass is 16.6. The molecule has 6 nitrogen and oxygen atoms in total. The summed E-state index contributed by atoms with van der Waals surface area (Å²) in [7, 11) is 1.40. The van der Waals surface area contributed by atoms with Gasteiger partial charge in [0.05, 0.1) is 7.11 Å². The zero-order valence-corrected chi connectivity index (χ0v) is 16.7. The second-order valence-electron chi connectivity index (χ2n) is 7.20. The SMILES string of the molecule is CCC(C(=O)OC)N(CCNC(=O)OC(C)(C)C)[C@H](C)c1ccccc1. The maximum absolute atomic E-state index is 12.2. The molecule has 1 unspecified atom stereocenters. The van der Waals surface area contributed by atoms with Gasteiger partial charge in [0.2, 0.25) is 0 Å². The molecule has 146 valence electrons. The summed E-state index contributed by atoms with van der Waals surface area (Å²) in [5.41, 5.74) is 0.561. The predicted molar refractivity (Wildman–Crippen MR) is 102 cm³/mol. The maximum Gasteiger partial charge on any atom is 0.407 e. The average Bonchev–Trinajstić information content (AvgIpc) is 2.59. The molecule has 6 heteroatoms. The molecule has 26 heavy (non-hydrogen) atoms. The van der Waals surface area contributed by atoms with Gasteiger partial charge in [-0.2, -0.15) is 0 Å². The Morgan fingerprint density at radius 2 is 1.81 bits per heavy atom. The van der Waals surface area contributed by atoms with Crippen molar-refractivity contribution in [2.24, 2.45) is 0 Å². The molecule has 0 aromatic heterocycles. The number of nitrogens with zero attached hydrogens (tertiary/aromatic N) is 1. The molecule has 0 aliphatic carbocycles. The molecule has 1 aromatic rings. The second-order valence-corrected chi connectivity index (χ2v) is 7.20. The standard InChI is InChI=1S/C20H32N2O4/c1-7-17(18(23)25-6)22(15(2)16-11-9-8-10-12-16)14-13-21-19(24)26-20(3,4)5/h8-12,15,17H,7,13-14H2,1-6H3,(H,21,24)/t15-,17?/m1/s1. The van der Waals surface area contributed by atoms with E-state index in [0.717, 1.165) is 5.56 Å². The number of methoxy groups -OCH3 is 1. The Bertz CT molecular complexity index is 569. The quantitative estimate of drug-likeness (QED) is 0.715. The largest absolute Gasteiger partial charge is 0.468 e. The van der Waals surface area contributed by atoms with Gasteiger partial charge >= 0.3 is 12.1 Å². The molecule has 2 atom stereocenters. The Morgan fingerprint density at radius 1 is 1.19 bits per heavy atom. The summed E-state index contributed by atoms with van der Waals surface area (Å²) in [5, 5.41) is 2.76. The number of amides is 1. The number of nitrogens with one attached hydrogen (secondary N) is 1. The van der Waals surface area contributed by atoms with Gasteiger partial charge in [-0.05, 0) is 39.7 Å². The lowest BCUT2D eigenvalue weighted by Gasteiger charge is -2.34. The number of esters is 1. The molecule has 1 N–H and O–H groups in total. The van der Waals surface area contributed by atoms with Crippen molar-refractivity contribution in [3.05, 3.63) is 35.9 Å². The van der Waals surface area contributed by atoms with Crippen molar-refractivity contribution in [3.8, 4) is 0 Å². The molecule has 0 heterocycles. The number of ether oxygens (including phenoxy) is 2. The highest BCUT2D eigenvalue weighted by Gasteiger charge is 2.29. The minimum atomic E-state index is -0.543. The van der Waals surface area contributed by atoms with Crippen molar-refractivity contribution in [2.75, 3.05) is 20.2 Å². The van der Waals surface area contributed by atoms with E-state index in [-0.39, 0.29) is 18.1 Å². The molecule has 0 bridgehead atoms. The van der Waals surface area contributed by atoms with Crippen LogP contribution in [0.3, 0.4) is 0 Å². The fourth-order valence-electron chi connectivity index (χ4n) is 2.82. The van der Waals surface area contributed by atoms with Crippen molar-refractivity contribution in [2.45, 2.75) is 58.7 Å². The zero-order valence-electron chi connectivity index (χ0n) is 16.7. The van der Waals surface area contributed by atoms with Gasteiger partial charge in [0.25, 0.3) is 0 Å². The van der Waals surface area contributed by atoms with E-state index >= 15 is 0 Å². The van der Waals surface area contributed by atoms with Crippen LogP contribution in [0.5, 0.6) is 0 Å². The summed E-state index contributed by atoms with van der Waals surface area (Å²) in [6, 6.07) is 9.59. The van der Waals surface area contributed by atoms with Crippen LogP contribution >= 0.6 is 0 Å². The predicted octanol–water partition coefficient (Wildman–Crippen LogP) is 3.53. The minimum absolute atomic E-state index is 0.000636. The van der Waals surface area contributed by atoms with Crippen LogP contribution in [0.15, 0.2) is 30.3 Å². The summed E-state index contributed by atoms with van der Waals surface area (Å²) in [6.45, 7) is 10.3. The van der Waals surface area contributed by atoms with E-state index in [1.807, 2.05) is 58.0 Å². The fraction of sp³-hybridized carbons (Fsp3) is 0.600. The monoisotopic (exact) mass is 364 g/mol. The number of hydrogen-bond donors (Lipinski definition) is 1. The van der Waals surface area contributed by atoms with Gasteiger partial charge in [-0.25, -0.2) is 4.79 Å². The Labute approximate surface area is 156 Å². The molecule has 1 rings (SSSR count). The molecule has 1 amide bonds. The third-order valence-corrected chi connectivity index (χ3v) is 4.08. The molecule has 1 aromatic carbocycles. The Hall–Kier alpha value is -2.08. The summed E-state index contributed by atoms with van der Waals surface area (Å²) in [6.07, 6.45) is 0.159. The van der Waals surface area contributed by atoms with E-state index in [1.165, 1.54) is 7.11 Å². The van der Waals surface area contributed by atoms with E-state index in [9.17, 15) is 9.59 Å².